The Morgan fingerprint density at radius 1 is 1.08 bits per heavy atom. The van der Waals surface area contributed by atoms with Crippen molar-refractivity contribution in [1.82, 2.24) is 20.0 Å². The molecule has 1 N–H and O–H groups in total. The van der Waals surface area contributed by atoms with E-state index in [1.165, 1.54) is 17.0 Å². The predicted octanol–water partition coefficient (Wildman–Crippen LogP) is 3.84. The first-order valence-electron chi connectivity index (χ1n) is 12.3. The highest BCUT2D eigenvalue weighted by molar-refractivity contribution is 6.31. The van der Waals surface area contributed by atoms with Gasteiger partial charge in [0.2, 0.25) is 0 Å². The molecule has 2 heterocycles. The minimum atomic E-state index is -0.766. The van der Waals surface area contributed by atoms with Crippen molar-refractivity contribution < 1.29 is 23.5 Å². The number of ether oxygens (including phenoxy) is 1. The molecule has 1 unspecified atom stereocenters. The van der Waals surface area contributed by atoms with Gasteiger partial charge in [0.05, 0.1) is 23.8 Å². The predicted molar refractivity (Wildman–Crippen MR) is 138 cm³/mol. The normalized spacial score (nSPS) is 18.9. The van der Waals surface area contributed by atoms with Crippen LogP contribution in [0, 0.1) is 5.82 Å². The molecular formula is C27H30ClFN4O4. The van der Waals surface area contributed by atoms with Crippen LogP contribution >= 0.6 is 11.6 Å². The molecule has 8 nitrogen and oxygen atoms in total. The molecule has 2 aromatic carbocycles. The second-order valence-electron chi connectivity index (χ2n) is 8.95. The van der Waals surface area contributed by atoms with Crippen LogP contribution in [0.15, 0.2) is 59.8 Å². The summed E-state index contributed by atoms with van der Waals surface area (Å²) < 4.78 is 19.6. The Kier molecular flexibility index (Phi) is 8.45. The summed E-state index contributed by atoms with van der Waals surface area (Å²) in [7, 11) is 1.61. The zero-order chi connectivity index (χ0) is 26.5. The zero-order valence-corrected chi connectivity index (χ0v) is 21.6. The maximum Gasteiger partial charge on any atom is 0.338 e. The average molecular weight is 529 g/mol. The number of urea groups is 1. The first kappa shape index (κ1) is 26.6. The largest absolute Gasteiger partial charge is 0.463 e. The van der Waals surface area contributed by atoms with Gasteiger partial charge in [-0.1, -0.05) is 41.9 Å². The number of carbonyl (C=O) groups excluding carboxylic acids is 3. The van der Waals surface area contributed by atoms with Gasteiger partial charge >= 0.3 is 12.0 Å². The van der Waals surface area contributed by atoms with E-state index in [0.29, 0.717) is 61.0 Å². The minimum absolute atomic E-state index is 0.0505. The van der Waals surface area contributed by atoms with Gasteiger partial charge in [0.15, 0.2) is 0 Å². The van der Waals surface area contributed by atoms with Crippen LogP contribution in [0.1, 0.15) is 35.3 Å². The number of rotatable bonds is 6. The number of hydrogen-bond acceptors (Lipinski definition) is 5. The van der Waals surface area contributed by atoms with E-state index in [2.05, 4.69) is 10.2 Å². The first-order chi connectivity index (χ1) is 17.8. The average Bonchev–Trinajstić information content (AvgIpc) is 3.12. The molecule has 1 saturated heterocycles. The van der Waals surface area contributed by atoms with Gasteiger partial charge in [-0.15, -0.1) is 0 Å². The van der Waals surface area contributed by atoms with Crippen LogP contribution in [-0.2, 0) is 9.53 Å². The summed E-state index contributed by atoms with van der Waals surface area (Å²) in [5.41, 5.74) is 1.49. The van der Waals surface area contributed by atoms with Gasteiger partial charge in [0.1, 0.15) is 5.82 Å². The molecule has 1 fully saturated rings. The van der Waals surface area contributed by atoms with E-state index in [1.54, 1.807) is 55.3 Å². The van der Waals surface area contributed by atoms with Crippen LogP contribution in [0.4, 0.5) is 9.18 Å². The third kappa shape index (κ3) is 5.78. The SMILES string of the molecule is CCOC(=O)C1=C(CN2CCCN(C(=O)c3ccccc3F)CC2)N(C)C(=O)NC1c1ccccc1Cl. The Morgan fingerprint density at radius 2 is 1.81 bits per heavy atom. The third-order valence-electron chi connectivity index (χ3n) is 6.64. The van der Waals surface area contributed by atoms with E-state index in [1.807, 2.05) is 0 Å². The van der Waals surface area contributed by atoms with E-state index >= 15 is 0 Å². The maximum absolute atomic E-state index is 14.2. The Bertz CT molecular complexity index is 1220. The zero-order valence-electron chi connectivity index (χ0n) is 20.9. The second-order valence-corrected chi connectivity index (χ2v) is 9.35. The molecule has 196 valence electrons. The Labute approximate surface area is 220 Å². The number of amides is 3. The van der Waals surface area contributed by atoms with E-state index in [0.717, 1.165) is 0 Å². The molecule has 4 rings (SSSR count). The lowest BCUT2D eigenvalue weighted by atomic mass is 9.94. The summed E-state index contributed by atoms with van der Waals surface area (Å²) in [5, 5.41) is 3.30. The van der Waals surface area contributed by atoms with Gasteiger partial charge in [-0.25, -0.2) is 14.0 Å². The molecule has 2 aliphatic rings. The number of likely N-dealkylation sites (N-methyl/N-ethyl adjacent to an activating group) is 1. The van der Waals surface area contributed by atoms with Gasteiger partial charge < -0.3 is 15.0 Å². The van der Waals surface area contributed by atoms with Gasteiger partial charge in [0.25, 0.3) is 5.91 Å². The standard InChI is InChI=1S/C27H30ClFN4O4/c1-3-37-26(35)23-22(31(2)27(36)30-24(23)18-9-4-6-11-20(18)28)17-32-13-8-14-33(16-15-32)25(34)19-10-5-7-12-21(19)29/h4-7,9-12,24H,3,8,13-17H2,1-2H3,(H,30,36). The Balaban J connectivity index is 1.61. The van der Waals surface area contributed by atoms with Crippen LogP contribution in [0.5, 0.6) is 0 Å². The van der Waals surface area contributed by atoms with Crippen molar-refractivity contribution in [2.75, 3.05) is 46.4 Å². The molecule has 10 heteroatoms. The summed E-state index contributed by atoms with van der Waals surface area (Å²) in [6.07, 6.45) is 0.659. The number of esters is 1. The quantitative estimate of drug-likeness (QED) is 0.576. The number of nitrogens with zero attached hydrogens (tertiary/aromatic N) is 3. The number of nitrogens with one attached hydrogen (secondary N) is 1. The van der Waals surface area contributed by atoms with Crippen molar-refractivity contribution in [3.8, 4) is 0 Å². The van der Waals surface area contributed by atoms with Gasteiger partial charge in [0, 0.05) is 50.5 Å². The molecule has 1 atom stereocenters. The molecule has 0 spiro atoms. The lowest BCUT2D eigenvalue weighted by molar-refractivity contribution is -0.139. The summed E-state index contributed by atoms with van der Waals surface area (Å²) in [6, 6.07) is 11.9. The van der Waals surface area contributed by atoms with Crippen molar-refractivity contribution in [3.63, 3.8) is 0 Å². The third-order valence-corrected chi connectivity index (χ3v) is 6.99. The highest BCUT2D eigenvalue weighted by Gasteiger charge is 2.38. The van der Waals surface area contributed by atoms with E-state index in [9.17, 15) is 18.8 Å². The monoisotopic (exact) mass is 528 g/mol. The van der Waals surface area contributed by atoms with Crippen LogP contribution in [0.3, 0.4) is 0 Å². The minimum Gasteiger partial charge on any atom is -0.463 e. The number of halogens is 2. The van der Waals surface area contributed by atoms with Crippen LogP contribution in [-0.4, -0.2) is 79.0 Å². The van der Waals surface area contributed by atoms with Crippen LogP contribution < -0.4 is 5.32 Å². The molecule has 0 aliphatic carbocycles. The fraction of sp³-hybridized carbons (Fsp3) is 0.370. The second kappa shape index (κ2) is 11.7. The van der Waals surface area contributed by atoms with Gasteiger partial charge in [-0.05, 0) is 37.1 Å². The van der Waals surface area contributed by atoms with E-state index in [4.69, 9.17) is 16.3 Å². The Hall–Kier alpha value is -3.43. The molecule has 0 bridgehead atoms. The highest BCUT2D eigenvalue weighted by Crippen LogP contribution is 2.34. The van der Waals surface area contributed by atoms with Gasteiger partial charge in [-0.3, -0.25) is 14.6 Å². The summed E-state index contributed by atoms with van der Waals surface area (Å²) in [4.78, 5) is 44.2. The molecule has 0 saturated carbocycles. The molecule has 37 heavy (non-hydrogen) atoms. The first-order valence-corrected chi connectivity index (χ1v) is 12.6. The number of hydrogen-bond donors (Lipinski definition) is 1. The van der Waals surface area contributed by atoms with Crippen LogP contribution in [0.2, 0.25) is 5.02 Å². The van der Waals surface area contributed by atoms with Crippen molar-refractivity contribution in [2.45, 2.75) is 19.4 Å². The Morgan fingerprint density at radius 3 is 2.54 bits per heavy atom. The summed E-state index contributed by atoms with van der Waals surface area (Å²) >= 11 is 6.44. The lowest BCUT2D eigenvalue weighted by Gasteiger charge is -2.36. The van der Waals surface area contributed by atoms with Crippen LogP contribution in [0.25, 0.3) is 0 Å². The number of carbonyl (C=O) groups is 3. The van der Waals surface area contributed by atoms with Crippen molar-refractivity contribution in [2.24, 2.45) is 0 Å². The fourth-order valence-corrected chi connectivity index (χ4v) is 4.93. The molecule has 0 aromatic heterocycles. The summed E-state index contributed by atoms with van der Waals surface area (Å²) in [5.74, 6) is -1.42. The molecule has 2 aliphatic heterocycles. The van der Waals surface area contributed by atoms with Crippen molar-refractivity contribution >= 4 is 29.5 Å². The smallest absolute Gasteiger partial charge is 0.338 e. The highest BCUT2D eigenvalue weighted by atomic mass is 35.5. The molecule has 3 amide bonds. The fourth-order valence-electron chi connectivity index (χ4n) is 4.69. The van der Waals surface area contributed by atoms with Gasteiger partial charge in [-0.2, -0.15) is 0 Å². The molecule has 2 aromatic rings. The summed E-state index contributed by atoms with van der Waals surface area (Å²) in [6.45, 7) is 4.19. The van der Waals surface area contributed by atoms with E-state index in [-0.39, 0.29) is 24.1 Å². The molecular weight excluding hydrogens is 499 g/mol. The van der Waals surface area contributed by atoms with E-state index < -0.39 is 17.8 Å². The molecule has 0 radical (unpaired) electrons. The maximum atomic E-state index is 14.2. The van der Waals surface area contributed by atoms with Crippen molar-refractivity contribution in [3.05, 3.63) is 81.8 Å². The topological polar surface area (TPSA) is 82.2 Å². The lowest BCUT2D eigenvalue weighted by Crippen LogP contribution is -2.49. The number of benzene rings is 2. The van der Waals surface area contributed by atoms with Crippen molar-refractivity contribution in [1.29, 1.82) is 0 Å².